The third-order valence-corrected chi connectivity index (χ3v) is 2.99. The molecule has 0 saturated carbocycles. The Labute approximate surface area is 124 Å². The maximum atomic E-state index is 12.6. The van der Waals surface area contributed by atoms with E-state index < -0.39 is 17.5 Å². The molecule has 0 amide bonds. The summed E-state index contributed by atoms with van der Waals surface area (Å²) in [5, 5.41) is 0.517. The number of halogens is 4. The molecule has 2 aromatic rings. The molecule has 0 aliphatic carbocycles. The molecule has 2 rings (SSSR count). The number of hydrogen-bond donors (Lipinski definition) is 0. The van der Waals surface area contributed by atoms with E-state index in [-0.39, 0.29) is 5.56 Å². The Hall–Kier alpha value is -2.07. The lowest BCUT2D eigenvalue weighted by molar-refractivity contribution is -0.137. The highest BCUT2D eigenvalue weighted by Crippen LogP contribution is 2.29. The molecular weight excluding hydrogens is 301 g/mol. The monoisotopic (exact) mass is 310 g/mol. The molecule has 0 fully saturated rings. The van der Waals surface area contributed by atoms with Gasteiger partial charge >= 0.3 is 6.18 Å². The van der Waals surface area contributed by atoms with Gasteiger partial charge in [0, 0.05) is 10.6 Å². The topological polar surface area (TPSA) is 17.1 Å². The average Bonchev–Trinajstić information content (AvgIpc) is 2.44. The van der Waals surface area contributed by atoms with E-state index >= 15 is 0 Å². The highest BCUT2D eigenvalue weighted by molar-refractivity contribution is 6.30. The largest absolute Gasteiger partial charge is 0.416 e. The Bertz CT molecular complexity index is 690. The van der Waals surface area contributed by atoms with Crippen LogP contribution in [0.15, 0.2) is 54.6 Å². The van der Waals surface area contributed by atoms with Gasteiger partial charge in [-0.3, -0.25) is 4.79 Å². The summed E-state index contributed by atoms with van der Waals surface area (Å²) in [6, 6.07) is 11.1. The van der Waals surface area contributed by atoms with Crippen LogP contribution in [-0.2, 0) is 6.18 Å². The number of benzene rings is 2. The van der Waals surface area contributed by atoms with Gasteiger partial charge in [-0.25, -0.2) is 0 Å². The average molecular weight is 311 g/mol. The summed E-state index contributed by atoms with van der Waals surface area (Å²) in [4.78, 5) is 11.9. The van der Waals surface area contributed by atoms with E-state index in [2.05, 4.69) is 0 Å². The smallest absolute Gasteiger partial charge is 0.289 e. The minimum absolute atomic E-state index is 0.0110. The molecule has 0 spiro atoms. The van der Waals surface area contributed by atoms with Crippen LogP contribution in [-0.4, -0.2) is 5.78 Å². The summed E-state index contributed by atoms with van der Waals surface area (Å²) < 4.78 is 37.7. The predicted octanol–water partition coefficient (Wildman–Crippen LogP) is 5.25. The third-order valence-electron chi connectivity index (χ3n) is 2.75. The van der Waals surface area contributed by atoms with Crippen LogP contribution in [0.2, 0.25) is 5.02 Å². The molecule has 1 nitrogen and oxygen atoms in total. The second kappa shape index (κ2) is 6.14. The summed E-state index contributed by atoms with van der Waals surface area (Å²) in [6.07, 6.45) is -1.73. The van der Waals surface area contributed by atoms with Gasteiger partial charge in [-0.2, -0.15) is 13.2 Å². The first kappa shape index (κ1) is 15.3. The maximum Gasteiger partial charge on any atom is 0.416 e. The molecule has 0 aromatic heterocycles. The summed E-state index contributed by atoms with van der Waals surface area (Å²) in [5.41, 5.74) is -0.157. The second-order valence-electron chi connectivity index (χ2n) is 4.33. The zero-order valence-electron chi connectivity index (χ0n) is 10.7. The first-order valence-corrected chi connectivity index (χ1v) is 6.39. The van der Waals surface area contributed by atoms with E-state index in [0.717, 1.165) is 12.1 Å². The number of rotatable bonds is 3. The van der Waals surface area contributed by atoms with Gasteiger partial charge < -0.3 is 0 Å². The SMILES string of the molecule is O=C(C=Cc1cccc(Cl)c1)c1cccc(C(F)(F)F)c1. The van der Waals surface area contributed by atoms with Crippen LogP contribution in [0.5, 0.6) is 0 Å². The van der Waals surface area contributed by atoms with Gasteiger partial charge in [0.25, 0.3) is 0 Å². The zero-order valence-corrected chi connectivity index (χ0v) is 11.4. The third kappa shape index (κ3) is 4.20. The van der Waals surface area contributed by atoms with E-state index in [1.807, 2.05) is 0 Å². The quantitative estimate of drug-likeness (QED) is 0.558. The standard InChI is InChI=1S/C16H10ClF3O/c17-14-6-1-3-11(9-14)7-8-15(21)12-4-2-5-13(10-12)16(18,19)20/h1-10H. The number of allylic oxidation sites excluding steroid dienone is 1. The molecule has 0 aliphatic rings. The fourth-order valence-corrected chi connectivity index (χ4v) is 1.93. The summed E-state index contributed by atoms with van der Waals surface area (Å²) in [7, 11) is 0. The molecule has 0 N–H and O–H groups in total. The number of carbonyl (C=O) groups excluding carboxylic acids is 1. The minimum atomic E-state index is -4.47. The second-order valence-corrected chi connectivity index (χ2v) is 4.77. The van der Waals surface area contributed by atoms with Crippen molar-refractivity contribution in [2.45, 2.75) is 6.18 Å². The number of hydrogen-bond acceptors (Lipinski definition) is 1. The van der Waals surface area contributed by atoms with Crippen LogP contribution < -0.4 is 0 Å². The molecule has 108 valence electrons. The summed E-state index contributed by atoms with van der Waals surface area (Å²) in [6.45, 7) is 0. The van der Waals surface area contributed by atoms with E-state index in [0.29, 0.717) is 10.6 Å². The first-order valence-electron chi connectivity index (χ1n) is 6.01. The molecule has 2 aromatic carbocycles. The molecule has 0 bridgehead atoms. The molecule has 0 atom stereocenters. The van der Waals surface area contributed by atoms with E-state index in [1.165, 1.54) is 24.3 Å². The molecule has 0 saturated heterocycles. The van der Waals surface area contributed by atoms with Crippen molar-refractivity contribution in [1.29, 1.82) is 0 Å². The van der Waals surface area contributed by atoms with Crippen molar-refractivity contribution >= 4 is 23.5 Å². The van der Waals surface area contributed by atoms with Gasteiger partial charge in [-0.15, -0.1) is 0 Å². The van der Waals surface area contributed by atoms with Crippen molar-refractivity contribution in [2.75, 3.05) is 0 Å². The lowest BCUT2D eigenvalue weighted by atomic mass is 10.1. The Balaban J connectivity index is 2.21. The van der Waals surface area contributed by atoms with Crippen molar-refractivity contribution in [3.8, 4) is 0 Å². The lowest BCUT2D eigenvalue weighted by Crippen LogP contribution is -2.06. The highest BCUT2D eigenvalue weighted by Gasteiger charge is 2.30. The van der Waals surface area contributed by atoms with Gasteiger partial charge in [0.05, 0.1) is 5.56 Å². The normalized spacial score (nSPS) is 11.8. The summed E-state index contributed by atoms with van der Waals surface area (Å²) >= 11 is 5.80. The Morgan fingerprint density at radius 3 is 2.43 bits per heavy atom. The molecule has 5 heteroatoms. The van der Waals surface area contributed by atoms with Crippen LogP contribution in [0.3, 0.4) is 0 Å². The van der Waals surface area contributed by atoms with Crippen molar-refractivity contribution < 1.29 is 18.0 Å². The van der Waals surface area contributed by atoms with Crippen molar-refractivity contribution in [1.82, 2.24) is 0 Å². The zero-order chi connectivity index (χ0) is 15.5. The number of alkyl halides is 3. The molecule has 0 heterocycles. The lowest BCUT2D eigenvalue weighted by Gasteiger charge is -2.07. The van der Waals surface area contributed by atoms with Crippen molar-refractivity contribution in [3.05, 3.63) is 76.3 Å². The van der Waals surface area contributed by atoms with Crippen LogP contribution in [0.1, 0.15) is 21.5 Å². The molecular formula is C16H10ClF3O. The maximum absolute atomic E-state index is 12.6. The van der Waals surface area contributed by atoms with E-state index in [4.69, 9.17) is 11.6 Å². The number of ketones is 1. The Morgan fingerprint density at radius 2 is 1.76 bits per heavy atom. The molecule has 0 unspecified atom stereocenters. The van der Waals surface area contributed by atoms with E-state index in [9.17, 15) is 18.0 Å². The minimum Gasteiger partial charge on any atom is -0.289 e. The van der Waals surface area contributed by atoms with Crippen LogP contribution >= 0.6 is 11.6 Å². The van der Waals surface area contributed by atoms with Crippen LogP contribution in [0, 0.1) is 0 Å². The first-order chi connectivity index (χ1) is 9.86. The van der Waals surface area contributed by atoms with E-state index in [1.54, 1.807) is 24.3 Å². The number of carbonyl (C=O) groups is 1. The van der Waals surface area contributed by atoms with Crippen LogP contribution in [0.25, 0.3) is 6.08 Å². The fraction of sp³-hybridized carbons (Fsp3) is 0.0625. The summed E-state index contributed by atoms with van der Waals surface area (Å²) in [5.74, 6) is -0.499. The Kier molecular flexibility index (Phi) is 4.48. The van der Waals surface area contributed by atoms with Crippen molar-refractivity contribution in [3.63, 3.8) is 0 Å². The molecule has 21 heavy (non-hydrogen) atoms. The van der Waals surface area contributed by atoms with Gasteiger partial charge in [0.1, 0.15) is 0 Å². The fourth-order valence-electron chi connectivity index (χ4n) is 1.73. The predicted molar refractivity (Wildman–Crippen MR) is 76.3 cm³/mol. The molecule has 0 aliphatic heterocycles. The van der Waals surface area contributed by atoms with Gasteiger partial charge in [-0.1, -0.05) is 41.9 Å². The van der Waals surface area contributed by atoms with Gasteiger partial charge in [-0.05, 0) is 35.9 Å². The van der Waals surface area contributed by atoms with Gasteiger partial charge in [0.2, 0.25) is 0 Å². The highest BCUT2D eigenvalue weighted by atomic mass is 35.5. The van der Waals surface area contributed by atoms with Crippen molar-refractivity contribution in [2.24, 2.45) is 0 Å². The Morgan fingerprint density at radius 1 is 1.05 bits per heavy atom. The van der Waals surface area contributed by atoms with Crippen LogP contribution in [0.4, 0.5) is 13.2 Å². The van der Waals surface area contributed by atoms with Gasteiger partial charge in [0.15, 0.2) is 5.78 Å². The molecule has 0 radical (unpaired) electrons.